The van der Waals surface area contributed by atoms with Crippen molar-refractivity contribution in [3.05, 3.63) is 66.1 Å². The Hall–Kier alpha value is -2.81. The number of aromatic amines is 1. The summed E-state index contributed by atoms with van der Waals surface area (Å²) < 4.78 is 5.47. The van der Waals surface area contributed by atoms with E-state index in [1.54, 1.807) is 0 Å². The first kappa shape index (κ1) is 12.0. The van der Waals surface area contributed by atoms with E-state index in [0.717, 1.165) is 27.6 Å². The second kappa shape index (κ2) is 4.09. The zero-order valence-corrected chi connectivity index (χ0v) is 11.6. The number of carbonyl (C=O) groups excluding carboxylic acids is 1. The molecule has 3 heteroatoms. The van der Waals surface area contributed by atoms with E-state index in [9.17, 15) is 4.79 Å². The van der Waals surface area contributed by atoms with Crippen LogP contribution in [0.5, 0.6) is 5.75 Å². The van der Waals surface area contributed by atoms with Crippen molar-refractivity contribution in [1.29, 1.82) is 0 Å². The monoisotopic (exact) mass is 275 g/mol. The minimum atomic E-state index is -0.131. The van der Waals surface area contributed by atoms with Gasteiger partial charge in [0.05, 0.1) is 5.56 Å². The van der Waals surface area contributed by atoms with Crippen LogP contribution in [0.15, 0.2) is 54.9 Å². The SMILES string of the molecule is C=C1Oc2ccc(C)c(-c3c[nH]c4ccccc34)c2C1=O. The molecule has 0 radical (unpaired) electrons. The van der Waals surface area contributed by atoms with Gasteiger partial charge in [-0.15, -0.1) is 0 Å². The molecule has 2 aromatic carbocycles. The van der Waals surface area contributed by atoms with Crippen LogP contribution in [-0.4, -0.2) is 10.8 Å². The third kappa shape index (κ3) is 1.57. The van der Waals surface area contributed by atoms with Gasteiger partial charge in [0, 0.05) is 28.2 Å². The lowest BCUT2D eigenvalue weighted by Gasteiger charge is -2.09. The molecule has 4 rings (SSSR count). The molecule has 0 saturated heterocycles. The lowest BCUT2D eigenvalue weighted by atomic mass is 9.92. The summed E-state index contributed by atoms with van der Waals surface area (Å²) in [4.78, 5) is 15.6. The molecule has 0 saturated carbocycles. The molecule has 0 bridgehead atoms. The van der Waals surface area contributed by atoms with E-state index < -0.39 is 0 Å². The van der Waals surface area contributed by atoms with E-state index in [1.165, 1.54) is 0 Å². The molecule has 3 nitrogen and oxygen atoms in total. The van der Waals surface area contributed by atoms with Crippen molar-refractivity contribution >= 4 is 16.7 Å². The molecule has 21 heavy (non-hydrogen) atoms. The van der Waals surface area contributed by atoms with Crippen molar-refractivity contribution in [3.63, 3.8) is 0 Å². The number of rotatable bonds is 1. The first-order valence-electron chi connectivity index (χ1n) is 6.78. The minimum Gasteiger partial charge on any atom is -0.453 e. The van der Waals surface area contributed by atoms with Gasteiger partial charge in [0.15, 0.2) is 5.76 Å². The summed E-state index contributed by atoms with van der Waals surface area (Å²) in [7, 11) is 0. The highest BCUT2D eigenvalue weighted by atomic mass is 16.5. The van der Waals surface area contributed by atoms with Crippen LogP contribution >= 0.6 is 0 Å². The molecular formula is C18H13NO2. The zero-order chi connectivity index (χ0) is 14.6. The van der Waals surface area contributed by atoms with Crippen molar-refractivity contribution in [2.45, 2.75) is 6.92 Å². The smallest absolute Gasteiger partial charge is 0.231 e. The third-order valence-electron chi connectivity index (χ3n) is 3.95. The number of aryl methyl sites for hydroxylation is 1. The van der Waals surface area contributed by atoms with E-state index >= 15 is 0 Å². The number of hydrogen-bond acceptors (Lipinski definition) is 2. The van der Waals surface area contributed by atoms with Crippen LogP contribution in [-0.2, 0) is 0 Å². The van der Waals surface area contributed by atoms with Gasteiger partial charge in [-0.05, 0) is 24.6 Å². The second-order valence-electron chi connectivity index (χ2n) is 5.23. The molecule has 102 valence electrons. The number of benzene rings is 2. The fraction of sp³-hybridized carbons (Fsp3) is 0.0556. The van der Waals surface area contributed by atoms with E-state index in [0.29, 0.717) is 11.3 Å². The van der Waals surface area contributed by atoms with Crippen LogP contribution in [0, 0.1) is 6.92 Å². The number of allylic oxidation sites excluding steroid dienone is 1. The fourth-order valence-electron chi connectivity index (χ4n) is 2.94. The highest BCUT2D eigenvalue weighted by Crippen LogP contribution is 2.42. The van der Waals surface area contributed by atoms with Crippen molar-refractivity contribution in [3.8, 4) is 16.9 Å². The number of Topliss-reactive ketones (excluding diaryl/α,β-unsaturated/α-hetero) is 1. The molecule has 3 aromatic rings. The molecule has 0 spiro atoms. The molecule has 0 unspecified atom stereocenters. The highest BCUT2D eigenvalue weighted by molar-refractivity contribution is 6.17. The molecular weight excluding hydrogens is 262 g/mol. The number of aromatic nitrogens is 1. The molecule has 0 fully saturated rings. The van der Waals surface area contributed by atoms with Gasteiger partial charge in [-0.1, -0.05) is 30.8 Å². The van der Waals surface area contributed by atoms with Gasteiger partial charge in [0.1, 0.15) is 5.75 Å². The number of carbonyl (C=O) groups is 1. The number of fused-ring (bicyclic) bond motifs is 2. The first-order valence-corrected chi connectivity index (χ1v) is 6.78. The highest BCUT2D eigenvalue weighted by Gasteiger charge is 2.30. The second-order valence-corrected chi connectivity index (χ2v) is 5.23. The fourth-order valence-corrected chi connectivity index (χ4v) is 2.94. The summed E-state index contributed by atoms with van der Waals surface area (Å²) in [6, 6.07) is 11.9. The average molecular weight is 275 g/mol. The van der Waals surface area contributed by atoms with Crippen LogP contribution in [0.2, 0.25) is 0 Å². The normalized spacial score (nSPS) is 13.6. The number of nitrogens with one attached hydrogen (secondary N) is 1. The number of hydrogen-bond donors (Lipinski definition) is 1. The van der Waals surface area contributed by atoms with E-state index in [2.05, 4.69) is 17.6 Å². The standard InChI is InChI=1S/C18H13NO2/c1-10-7-8-15-17(18(20)11(2)21-15)16(10)13-9-19-14-6-4-3-5-12(13)14/h3-9,19H,2H2,1H3. The van der Waals surface area contributed by atoms with Crippen LogP contribution < -0.4 is 4.74 Å². The summed E-state index contributed by atoms with van der Waals surface area (Å²) in [6.45, 7) is 5.69. The van der Waals surface area contributed by atoms with Crippen molar-refractivity contribution in [1.82, 2.24) is 4.98 Å². The summed E-state index contributed by atoms with van der Waals surface area (Å²) in [5.74, 6) is 0.654. The quantitative estimate of drug-likeness (QED) is 0.675. The summed E-state index contributed by atoms with van der Waals surface area (Å²) >= 11 is 0. The van der Waals surface area contributed by atoms with Crippen LogP contribution in [0.4, 0.5) is 0 Å². The molecule has 2 heterocycles. The van der Waals surface area contributed by atoms with Gasteiger partial charge in [-0.3, -0.25) is 4.79 Å². The first-order chi connectivity index (χ1) is 10.2. The number of H-pyrrole nitrogens is 1. The molecule has 0 amide bonds. The number of para-hydroxylation sites is 1. The molecule has 1 aliphatic heterocycles. The Morgan fingerprint density at radius 2 is 1.90 bits per heavy atom. The summed E-state index contributed by atoms with van der Waals surface area (Å²) in [6.07, 6.45) is 1.95. The Morgan fingerprint density at radius 3 is 2.76 bits per heavy atom. The predicted molar refractivity (Wildman–Crippen MR) is 82.6 cm³/mol. The Labute approximate surface area is 121 Å². The molecule has 0 aliphatic carbocycles. The van der Waals surface area contributed by atoms with E-state index in [4.69, 9.17) is 4.74 Å². The minimum absolute atomic E-state index is 0.131. The Kier molecular flexibility index (Phi) is 2.33. The largest absolute Gasteiger partial charge is 0.453 e. The molecule has 0 atom stereocenters. The van der Waals surface area contributed by atoms with Gasteiger partial charge in [-0.25, -0.2) is 0 Å². The summed E-state index contributed by atoms with van der Waals surface area (Å²) in [5.41, 5.74) is 4.66. The van der Waals surface area contributed by atoms with Gasteiger partial charge in [0.25, 0.3) is 0 Å². The van der Waals surface area contributed by atoms with Gasteiger partial charge >= 0.3 is 0 Å². The zero-order valence-electron chi connectivity index (χ0n) is 11.6. The topological polar surface area (TPSA) is 42.1 Å². The Morgan fingerprint density at radius 1 is 1.10 bits per heavy atom. The number of ketones is 1. The van der Waals surface area contributed by atoms with Crippen molar-refractivity contribution < 1.29 is 9.53 Å². The molecule has 1 N–H and O–H groups in total. The summed E-state index contributed by atoms with van der Waals surface area (Å²) in [5, 5.41) is 1.10. The van der Waals surface area contributed by atoms with Crippen LogP contribution in [0.3, 0.4) is 0 Å². The average Bonchev–Trinajstić information content (AvgIpc) is 3.03. The number of ether oxygens (including phenoxy) is 1. The van der Waals surface area contributed by atoms with Gasteiger partial charge in [0.2, 0.25) is 5.78 Å². The maximum Gasteiger partial charge on any atom is 0.231 e. The van der Waals surface area contributed by atoms with Crippen molar-refractivity contribution in [2.24, 2.45) is 0 Å². The Bertz CT molecular complexity index is 918. The van der Waals surface area contributed by atoms with E-state index in [1.807, 2.05) is 43.5 Å². The van der Waals surface area contributed by atoms with Gasteiger partial charge in [-0.2, -0.15) is 0 Å². The molecule has 1 aromatic heterocycles. The maximum atomic E-state index is 12.4. The molecule has 1 aliphatic rings. The van der Waals surface area contributed by atoms with Gasteiger partial charge < -0.3 is 9.72 Å². The van der Waals surface area contributed by atoms with E-state index in [-0.39, 0.29) is 11.5 Å². The van der Waals surface area contributed by atoms with Crippen molar-refractivity contribution in [2.75, 3.05) is 0 Å². The van der Waals surface area contributed by atoms with Crippen LogP contribution in [0.1, 0.15) is 15.9 Å². The third-order valence-corrected chi connectivity index (χ3v) is 3.95. The lowest BCUT2D eigenvalue weighted by molar-refractivity contribution is 0.101. The Balaban J connectivity index is 2.09. The van der Waals surface area contributed by atoms with Crippen LogP contribution in [0.25, 0.3) is 22.0 Å². The lowest BCUT2D eigenvalue weighted by Crippen LogP contribution is -1.98. The predicted octanol–water partition coefficient (Wildman–Crippen LogP) is 4.23. The maximum absolute atomic E-state index is 12.4.